The van der Waals surface area contributed by atoms with Gasteiger partial charge in [-0.1, -0.05) is 0 Å². The number of carbonyl (C=O) groups excluding carboxylic acids is 1. The Balaban J connectivity index is 1.93. The molecule has 1 unspecified atom stereocenters. The summed E-state index contributed by atoms with van der Waals surface area (Å²) in [7, 11) is 1.62. The van der Waals surface area contributed by atoms with Crippen LogP contribution in [0, 0.1) is 0 Å². The standard InChI is InChI=1S/C16H24N2O3/c1-13(18-9-7-17(8-10-18)11-12-19)16(20)14-3-5-15(21-2)6-4-14/h3-6,13,19H,7-12H2,1-2H3. The minimum Gasteiger partial charge on any atom is -0.497 e. The van der Waals surface area contributed by atoms with Gasteiger partial charge in [0.25, 0.3) is 0 Å². The molecule has 0 amide bonds. The van der Waals surface area contributed by atoms with E-state index in [2.05, 4.69) is 9.80 Å². The maximum atomic E-state index is 12.5. The van der Waals surface area contributed by atoms with Crippen molar-refractivity contribution in [2.24, 2.45) is 0 Å². The van der Waals surface area contributed by atoms with Crippen LogP contribution in [0.15, 0.2) is 24.3 Å². The molecule has 5 nitrogen and oxygen atoms in total. The number of methoxy groups -OCH3 is 1. The Morgan fingerprint density at radius 2 is 1.86 bits per heavy atom. The number of aliphatic hydroxyl groups is 1. The van der Waals surface area contributed by atoms with Crippen LogP contribution in [0.25, 0.3) is 0 Å². The number of aliphatic hydroxyl groups excluding tert-OH is 1. The van der Waals surface area contributed by atoms with Crippen molar-refractivity contribution >= 4 is 5.78 Å². The zero-order valence-electron chi connectivity index (χ0n) is 12.8. The Bertz CT molecular complexity index is 453. The van der Waals surface area contributed by atoms with Crippen LogP contribution in [0.3, 0.4) is 0 Å². The normalized spacial score (nSPS) is 18.4. The number of rotatable bonds is 6. The number of ether oxygens (including phenoxy) is 1. The zero-order chi connectivity index (χ0) is 15.2. The van der Waals surface area contributed by atoms with Gasteiger partial charge in [-0.25, -0.2) is 0 Å². The number of carbonyl (C=O) groups is 1. The number of hydrogen-bond donors (Lipinski definition) is 1. The summed E-state index contributed by atoms with van der Waals surface area (Å²) in [4.78, 5) is 16.9. The van der Waals surface area contributed by atoms with Crippen molar-refractivity contribution in [1.82, 2.24) is 9.80 Å². The Hall–Kier alpha value is -1.43. The predicted molar refractivity (Wildman–Crippen MR) is 81.9 cm³/mol. The molecule has 0 aromatic heterocycles. The summed E-state index contributed by atoms with van der Waals surface area (Å²) in [5.74, 6) is 0.907. The summed E-state index contributed by atoms with van der Waals surface area (Å²) < 4.78 is 5.11. The summed E-state index contributed by atoms with van der Waals surface area (Å²) in [6, 6.07) is 7.16. The fourth-order valence-corrected chi connectivity index (χ4v) is 2.68. The Morgan fingerprint density at radius 3 is 2.38 bits per heavy atom. The van der Waals surface area contributed by atoms with Crippen LogP contribution in [0.4, 0.5) is 0 Å². The van der Waals surface area contributed by atoms with Gasteiger partial charge in [0, 0.05) is 38.3 Å². The smallest absolute Gasteiger partial charge is 0.179 e. The number of hydrogen-bond acceptors (Lipinski definition) is 5. The number of nitrogens with zero attached hydrogens (tertiary/aromatic N) is 2. The molecule has 5 heteroatoms. The number of benzene rings is 1. The van der Waals surface area contributed by atoms with Gasteiger partial charge in [-0.05, 0) is 31.2 Å². The third-order valence-corrected chi connectivity index (χ3v) is 4.12. The Labute approximate surface area is 126 Å². The molecule has 0 bridgehead atoms. The highest BCUT2D eigenvalue weighted by Gasteiger charge is 2.25. The lowest BCUT2D eigenvalue weighted by atomic mass is 10.0. The maximum absolute atomic E-state index is 12.5. The van der Waals surface area contributed by atoms with Crippen molar-refractivity contribution in [3.8, 4) is 5.75 Å². The van der Waals surface area contributed by atoms with Crippen molar-refractivity contribution < 1.29 is 14.6 Å². The van der Waals surface area contributed by atoms with Crippen LogP contribution in [-0.2, 0) is 0 Å². The van der Waals surface area contributed by atoms with Gasteiger partial charge in [0.05, 0.1) is 19.8 Å². The second-order valence-electron chi connectivity index (χ2n) is 5.37. The lowest BCUT2D eigenvalue weighted by molar-refractivity contribution is 0.0663. The average Bonchev–Trinajstić information content (AvgIpc) is 2.54. The van der Waals surface area contributed by atoms with E-state index in [0.29, 0.717) is 6.54 Å². The van der Waals surface area contributed by atoms with E-state index < -0.39 is 0 Å². The quantitative estimate of drug-likeness (QED) is 0.789. The third kappa shape index (κ3) is 4.03. The van der Waals surface area contributed by atoms with Gasteiger partial charge in [0.1, 0.15) is 5.75 Å². The molecule has 1 atom stereocenters. The first kappa shape index (κ1) is 15.9. The molecule has 2 rings (SSSR count). The van der Waals surface area contributed by atoms with E-state index in [9.17, 15) is 4.79 Å². The molecule has 116 valence electrons. The monoisotopic (exact) mass is 292 g/mol. The second-order valence-corrected chi connectivity index (χ2v) is 5.37. The van der Waals surface area contributed by atoms with E-state index in [1.807, 2.05) is 31.2 Å². The summed E-state index contributed by atoms with van der Waals surface area (Å²) in [5.41, 5.74) is 0.723. The maximum Gasteiger partial charge on any atom is 0.179 e. The van der Waals surface area contributed by atoms with Crippen molar-refractivity contribution in [1.29, 1.82) is 0 Å². The molecule has 1 aliphatic rings. The van der Waals surface area contributed by atoms with Gasteiger partial charge >= 0.3 is 0 Å². The Kier molecular flexibility index (Phi) is 5.73. The summed E-state index contributed by atoms with van der Waals surface area (Å²) in [5, 5.41) is 8.95. The first-order chi connectivity index (χ1) is 10.2. The summed E-state index contributed by atoms with van der Waals surface area (Å²) in [6.07, 6.45) is 0. The molecular weight excluding hydrogens is 268 g/mol. The van der Waals surface area contributed by atoms with Crippen LogP contribution < -0.4 is 4.74 Å². The lowest BCUT2D eigenvalue weighted by Gasteiger charge is -2.37. The van der Waals surface area contributed by atoms with Crippen molar-refractivity contribution in [3.63, 3.8) is 0 Å². The third-order valence-electron chi connectivity index (χ3n) is 4.12. The summed E-state index contributed by atoms with van der Waals surface area (Å²) >= 11 is 0. The zero-order valence-corrected chi connectivity index (χ0v) is 12.8. The molecule has 0 spiro atoms. The molecule has 1 saturated heterocycles. The molecule has 0 saturated carbocycles. The molecule has 1 N–H and O–H groups in total. The van der Waals surface area contributed by atoms with E-state index in [-0.39, 0.29) is 18.4 Å². The average molecular weight is 292 g/mol. The fraction of sp³-hybridized carbons (Fsp3) is 0.562. The van der Waals surface area contributed by atoms with E-state index in [1.54, 1.807) is 7.11 Å². The van der Waals surface area contributed by atoms with Crippen LogP contribution >= 0.6 is 0 Å². The molecule has 1 aromatic carbocycles. The molecule has 1 heterocycles. The first-order valence-electron chi connectivity index (χ1n) is 7.41. The van der Waals surface area contributed by atoms with Gasteiger partial charge in [0.2, 0.25) is 0 Å². The molecule has 0 radical (unpaired) electrons. The second kappa shape index (κ2) is 7.54. The fourth-order valence-electron chi connectivity index (χ4n) is 2.68. The SMILES string of the molecule is COc1ccc(C(=O)C(C)N2CCN(CCO)CC2)cc1. The van der Waals surface area contributed by atoms with Gasteiger partial charge in [-0.15, -0.1) is 0 Å². The van der Waals surface area contributed by atoms with Gasteiger partial charge < -0.3 is 9.84 Å². The van der Waals surface area contributed by atoms with Gasteiger partial charge in [0.15, 0.2) is 5.78 Å². The lowest BCUT2D eigenvalue weighted by Crippen LogP contribution is -2.52. The number of piperazine rings is 1. The number of Topliss-reactive ketones (excluding diaryl/α,β-unsaturated/α-hetero) is 1. The highest BCUT2D eigenvalue weighted by atomic mass is 16.5. The highest BCUT2D eigenvalue weighted by Crippen LogP contribution is 2.15. The molecule has 1 fully saturated rings. The topological polar surface area (TPSA) is 53.0 Å². The van der Waals surface area contributed by atoms with Crippen molar-refractivity contribution in [3.05, 3.63) is 29.8 Å². The number of ketones is 1. The van der Waals surface area contributed by atoms with Gasteiger partial charge in [-0.2, -0.15) is 0 Å². The predicted octanol–water partition coefficient (Wildman–Crippen LogP) is 0.876. The van der Waals surface area contributed by atoms with E-state index >= 15 is 0 Å². The van der Waals surface area contributed by atoms with Crippen LogP contribution in [0.2, 0.25) is 0 Å². The van der Waals surface area contributed by atoms with Crippen LogP contribution in [-0.4, -0.2) is 73.2 Å². The van der Waals surface area contributed by atoms with Crippen LogP contribution in [0.5, 0.6) is 5.75 Å². The minimum absolute atomic E-state index is 0.116. The molecular formula is C16H24N2O3. The van der Waals surface area contributed by atoms with Crippen molar-refractivity contribution in [2.75, 3.05) is 46.4 Å². The van der Waals surface area contributed by atoms with E-state index in [4.69, 9.17) is 9.84 Å². The van der Waals surface area contributed by atoms with Crippen LogP contribution in [0.1, 0.15) is 17.3 Å². The van der Waals surface area contributed by atoms with Gasteiger partial charge in [-0.3, -0.25) is 14.6 Å². The highest BCUT2D eigenvalue weighted by molar-refractivity contribution is 5.99. The molecule has 1 aromatic rings. The minimum atomic E-state index is -0.116. The molecule has 21 heavy (non-hydrogen) atoms. The summed E-state index contributed by atoms with van der Waals surface area (Å²) in [6.45, 7) is 6.41. The number of β-amino-alcohol motifs (C(OH)–C–C–N with tert-alkyl or cyclic N) is 1. The largest absolute Gasteiger partial charge is 0.497 e. The first-order valence-corrected chi connectivity index (χ1v) is 7.41. The van der Waals surface area contributed by atoms with E-state index in [0.717, 1.165) is 37.5 Å². The molecule has 1 aliphatic heterocycles. The molecule has 0 aliphatic carbocycles. The van der Waals surface area contributed by atoms with Crippen molar-refractivity contribution in [2.45, 2.75) is 13.0 Å². The Morgan fingerprint density at radius 1 is 1.24 bits per heavy atom. The van der Waals surface area contributed by atoms with E-state index in [1.165, 1.54) is 0 Å².